The van der Waals surface area contributed by atoms with Crippen molar-refractivity contribution in [2.75, 3.05) is 0 Å². The van der Waals surface area contributed by atoms with E-state index in [2.05, 4.69) is 150 Å². The summed E-state index contributed by atoms with van der Waals surface area (Å²) in [5.74, 6) is 1.32. The quantitative estimate of drug-likeness (QED) is 0.183. The van der Waals surface area contributed by atoms with Crippen molar-refractivity contribution in [3.05, 3.63) is 164 Å². The van der Waals surface area contributed by atoms with Crippen molar-refractivity contribution in [2.45, 2.75) is 0 Å². The number of aromatic nitrogens is 5. The van der Waals surface area contributed by atoms with Crippen molar-refractivity contribution in [3.8, 4) is 39.6 Å². The molecule has 0 spiro atoms. The first-order valence-corrected chi connectivity index (χ1v) is 16.4. The zero-order chi connectivity index (χ0) is 32.3. The van der Waals surface area contributed by atoms with E-state index >= 15 is 0 Å². The van der Waals surface area contributed by atoms with Gasteiger partial charge in [-0.25, -0.2) is 19.9 Å². The fourth-order valence-electron chi connectivity index (χ4n) is 7.18. The number of para-hydroxylation sites is 2. The molecule has 228 valence electrons. The third kappa shape index (κ3) is 4.40. The van der Waals surface area contributed by atoms with Gasteiger partial charge in [-0.05, 0) is 46.2 Å². The highest BCUT2D eigenvalue weighted by atomic mass is 15.0. The Morgan fingerprint density at radius 3 is 1.43 bits per heavy atom. The molecule has 0 bridgehead atoms. The van der Waals surface area contributed by atoms with Crippen molar-refractivity contribution in [3.63, 3.8) is 0 Å². The lowest BCUT2D eigenvalue weighted by Crippen LogP contribution is -1.98. The van der Waals surface area contributed by atoms with Crippen LogP contribution in [0.3, 0.4) is 0 Å². The molecule has 0 aliphatic carbocycles. The Morgan fingerprint density at radius 2 is 0.816 bits per heavy atom. The highest BCUT2D eigenvalue weighted by Crippen LogP contribution is 2.36. The van der Waals surface area contributed by atoms with E-state index in [1.807, 2.05) is 18.5 Å². The summed E-state index contributed by atoms with van der Waals surface area (Å²) in [5.41, 5.74) is 9.24. The third-order valence-corrected chi connectivity index (χ3v) is 9.50. The second-order valence-electron chi connectivity index (χ2n) is 12.3. The van der Waals surface area contributed by atoms with Crippen LogP contribution in [0.4, 0.5) is 0 Å². The number of rotatable bonds is 4. The number of fused-ring (bicyclic) bond motifs is 9. The van der Waals surface area contributed by atoms with Crippen molar-refractivity contribution in [1.29, 1.82) is 0 Å². The molecule has 0 aliphatic heterocycles. The van der Waals surface area contributed by atoms with Crippen LogP contribution in [0.2, 0.25) is 0 Å². The maximum absolute atomic E-state index is 5.25. The van der Waals surface area contributed by atoms with Crippen LogP contribution >= 0.6 is 0 Å². The maximum atomic E-state index is 5.25. The van der Waals surface area contributed by atoms with E-state index in [0.29, 0.717) is 11.6 Å². The van der Waals surface area contributed by atoms with Crippen molar-refractivity contribution in [1.82, 2.24) is 24.5 Å². The molecule has 0 fully saturated rings. The van der Waals surface area contributed by atoms with Crippen LogP contribution in [0.5, 0.6) is 0 Å². The normalized spacial score (nSPS) is 11.7. The van der Waals surface area contributed by atoms with Crippen LogP contribution in [-0.2, 0) is 0 Å². The standard InChI is InChI=1S/C44H27N5/c1-2-11-28(12-3-1)29-21-23-30(24-22-29)43-45-26-37-33-15-4-5-16-34(33)38-27-46-44(48-42(38)41(37)47-43)31-13-10-14-32(25-31)49-39-19-8-6-17-35(39)36-18-7-9-20-40(36)49/h1-27H. The summed E-state index contributed by atoms with van der Waals surface area (Å²) in [6, 6.07) is 52.8. The summed E-state index contributed by atoms with van der Waals surface area (Å²) in [6.45, 7) is 0. The molecule has 0 saturated heterocycles. The molecule has 10 rings (SSSR count). The summed E-state index contributed by atoms with van der Waals surface area (Å²) in [7, 11) is 0. The van der Waals surface area contributed by atoms with Crippen LogP contribution in [-0.4, -0.2) is 24.5 Å². The fourth-order valence-corrected chi connectivity index (χ4v) is 7.18. The summed E-state index contributed by atoms with van der Waals surface area (Å²) in [5, 5.41) is 6.56. The average Bonchev–Trinajstić information content (AvgIpc) is 3.52. The molecule has 5 nitrogen and oxygen atoms in total. The summed E-state index contributed by atoms with van der Waals surface area (Å²) >= 11 is 0. The van der Waals surface area contributed by atoms with Gasteiger partial charge in [0.2, 0.25) is 0 Å². The van der Waals surface area contributed by atoms with Gasteiger partial charge >= 0.3 is 0 Å². The molecule has 0 aliphatic rings. The largest absolute Gasteiger partial charge is 0.309 e. The predicted octanol–water partition coefficient (Wildman–Crippen LogP) is 10.8. The second kappa shape index (κ2) is 10.9. The second-order valence-corrected chi connectivity index (χ2v) is 12.3. The average molecular weight is 626 g/mol. The fraction of sp³-hybridized carbons (Fsp3) is 0. The van der Waals surface area contributed by atoms with Crippen LogP contribution in [0, 0.1) is 0 Å². The minimum atomic E-state index is 0.652. The molecule has 3 heterocycles. The molecule has 3 aromatic heterocycles. The highest BCUT2D eigenvalue weighted by Gasteiger charge is 2.17. The van der Waals surface area contributed by atoms with Gasteiger partial charge in [0.25, 0.3) is 0 Å². The zero-order valence-corrected chi connectivity index (χ0v) is 26.3. The van der Waals surface area contributed by atoms with Gasteiger partial charge in [-0.1, -0.05) is 127 Å². The maximum Gasteiger partial charge on any atom is 0.159 e. The van der Waals surface area contributed by atoms with Crippen LogP contribution < -0.4 is 0 Å². The Balaban J connectivity index is 1.15. The summed E-state index contributed by atoms with van der Waals surface area (Å²) in [6.07, 6.45) is 3.89. The molecule has 5 heteroatoms. The Kier molecular flexibility index (Phi) is 6.11. The Bertz CT molecular complexity index is 2820. The minimum Gasteiger partial charge on any atom is -0.309 e. The van der Waals surface area contributed by atoms with E-state index in [4.69, 9.17) is 19.9 Å². The smallest absolute Gasteiger partial charge is 0.159 e. The van der Waals surface area contributed by atoms with Gasteiger partial charge in [0.1, 0.15) is 11.0 Å². The first-order chi connectivity index (χ1) is 24.3. The van der Waals surface area contributed by atoms with E-state index in [9.17, 15) is 0 Å². The Morgan fingerprint density at radius 1 is 0.347 bits per heavy atom. The number of hydrogen-bond donors (Lipinski definition) is 0. The molecule has 7 aromatic carbocycles. The summed E-state index contributed by atoms with van der Waals surface area (Å²) < 4.78 is 2.32. The first-order valence-electron chi connectivity index (χ1n) is 16.4. The van der Waals surface area contributed by atoms with E-state index in [-0.39, 0.29) is 0 Å². The topological polar surface area (TPSA) is 56.5 Å². The van der Waals surface area contributed by atoms with E-state index < -0.39 is 0 Å². The summed E-state index contributed by atoms with van der Waals surface area (Å²) in [4.78, 5) is 20.2. The number of hydrogen-bond acceptors (Lipinski definition) is 4. The van der Waals surface area contributed by atoms with Gasteiger partial charge in [0.05, 0.1) is 11.0 Å². The Labute approximate surface area is 281 Å². The monoisotopic (exact) mass is 625 g/mol. The lowest BCUT2D eigenvalue weighted by molar-refractivity contribution is 1.17. The number of nitrogens with zero attached hydrogens (tertiary/aromatic N) is 5. The molecule has 0 amide bonds. The van der Waals surface area contributed by atoms with Gasteiger partial charge in [0, 0.05) is 50.8 Å². The molecule has 10 aromatic rings. The van der Waals surface area contributed by atoms with Gasteiger partial charge < -0.3 is 4.57 Å². The number of benzene rings is 7. The predicted molar refractivity (Wildman–Crippen MR) is 201 cm³/mol. The van der Waals surface area contributed by atoms with Gasteiger partial charge in [0.15, 0.2) is 11.6 Å². The van der Waals surface area contributed by atoms with Crippen molar-refractivity contribution in [2.24, 2.45) is 0 Å². The lowest BCUT2D eigenvalue weighted by atomic mass is 10.0. The minimum absolute atomic E-state index is 0.652. The van der Waals surface area contributed by atoms with E-state index in [0.717, 1.165) is 55.0 Å². The molecular formula is C44H27N5. The van der Waals surface area contributed by atoms with Crippen LogP contribution in [0.1, 0.15) is 0 Å². The van der Waals surface area contributed by atoms with Gasteiger partial charge in [-0.2, -0.15) is 0 Å². The third-order valence-electron chi connectivity index (χ3n) is 9.50. The molecule has 0 radical (unpaired) electrons. The van der Waals surface area contributed by atoms with Gasteiger partial charge in [-0.15, -0.1) is 0 Å². The SMILES string of the molecule is c1ccc(-c2ccc(-c3ncc4c5ccccc5c5cnc(-c6cccc(-n7c8ccccc8c8ccccc87)c6)nc5c4n3)cc2)cc1. The first kappa shape index (κ1) is 27.4. The van der Waals surface area contributed by atoms with Crippen LogP contribution in [0.15, 0.2) is 164 Å². The highest BCUT2D eigenvalue weighted by molar-refractivity contribution is 6.23. The van der Waals surface area contributed by atoms with Crippen molar-refractivity contribution < 1.29 is 0 Å². The molecule has 0 N–H and O–H groups in total. The molecule has 0 atom stereocenters. The molecule has 0 unspecified atom stereocenters. The van der Waals surface area contributed by atoms with Crippen LogP contribution in [0.25, 0.3) is 94.0 Å². The van der Waals surface area contributed by atoms with Crippen molar-refractivity contribution >= 4 is 54.4 Å². The Hall–Kier alpha value is -6.72. The molecular weight excluding hydrogens is 599 g/mol. The lowest BCUT2D eigenvalue weighted by Gasteiger charge is -2.12. The van der Waals surface area contributed by atoms with Gasteiger partial charge in [-0.3, -0.25) is 0 Å². The molecule has 0 saturated carbocycles. The van der Waals surface area contributed by atoms with E-state index in [1.165, 1.54) is 27.4 Å². The molecule has 49 heavy (non-hydrogen) atoms. The van der Waals surface area contributed by atoms with E-state index in [1.54, 1.807) is 0 Å². The zero-order valence-electron chi connectivity index (χ0n) is 26.3.